The molecule has 0 atom stereocenters. The Morgan fingerprint density at radius 2 is 1.12 bits per heavy atom. The first-order valence-electron chi connectivity index (χ1n) is 9.12. The maximum atomic E-state index is 8.90. The van der Waals surface area contributed by atoms with Crippen molar-refractivity contribution in [3.8, 4) is 22.3 Å². The Kier molecular flexibility index (Phi) is 6.35. The first-order chi connectivity index (χ1) is 12.4. The standard InChI is InChI=1S/C23H26NO/c25-16-10-2-1-9-15-24-18-22(20-11-5-3-6-12-20)17-23(19-24)21-13-7-4-8-14-21/h3-8,11-14,17-19,25H,1-2,9-10,15-16H2/q+1. The number of aliphatic hydroxyl groups is 1. The SMILES string of the molecule is OCCCCCC[n+]1cc(-c2ccccc2)cc(-c2ccccc2)c1. The molecule has 2 nitrogen and oxygen atoms in total. The van der Waals surface area contributed by atoms with E-state index in [9.17, 15) is 0 Å². The van der Waals surface area contributed by atoms with Crippen LogP contribution in [0.2, 0.25) is 0 Å². The largest absolute Gasteiger partial charge is 0.396 e. The van der Waals surface area contributed by atoms with Crippen molar-refractivity contribution in [2.45, 2.75) is 32.2 Å². The number of nitrogens with zero attached hydrogens (tertiary/aromatic N) is 1. The molecule has 1 N–H and O–H groups in total. The second kappa shape index (κ2) is 9.14. The van der Waals surface area contributed by atoms with Crippen molar-refractivity contribution < 1.29 is 9.67 Å². The molecule has 0 aliphatic rings. The molecule has 0 unspecified atom stereocenters. The van der Waals surface area contributed by atoms with Crippen LogP contribution in [-0.4, -0.2) is 11.7 Å². The number of aliphatic hydroxyl groups excluding tert-OH is 1. The second-order valence-corrected chi connectivity index (χ2v) is 6.42. The summed E-state index contributed by atoms with van der Waals surface area (Å²) in [7, 11) is 0. The third kappa shape index (κ3) is 5.01. The van der Waals surface area contributed by atoms with Crippen molar-refractivity contribution in [1.29, 1.82) is 0 Å². The lowest BCUT2D eigenvalue weighted by Gasteiger charge is -2.07. The van der Waals surface area contributed by atoms with Crippen molar-refractivity contribution >= 4 is 0 Å². The minimum absolute atomic E-state index is 0.300. The zero-order valence-corrected chi connectivity index (χ0v) is 14.6. The van der Waals surface area contributed by atoms with Gasteiger partial charge in [0.15, 0.2) is 12.4 Å². The summed E-state index contributed by atoms with van der Waals surface area (Å²) in [5.74, 6) is 0. The van der Waals surface area contributed by atoms with Gasteiger partial charge in [0.2, 0.25) is 0 Å². The van der Waals surface area contributed by atoms with E-state index in [1.165, 1.54) is 22.3 Å². The first-order valence-corrected chi connectivity index (χ1v) is 9.12. The average molecular weight is 332 g/mol. The number of aryl methyl sites for hydroxylation is 1. The van der Waals surface area contributed by atoms with Gasteiger partial charge in [-0.05, 0) is 30.0 Å². The number of pyridine rings is 1. The molecule has 0 amide bonds. The quantitative estimate of drug-likeness (QED) is 0.462. The Morgan fingerprint density at radius 1 is 0.600 bits per heavy atom. The normalized spacial score (nSPS) is 10.8. The van der Waals surface area contributed by atoms with Gasteiger partial charge in [-0.25, -0.2) is 4.57 Å². The lowest BCUT2D eigenvalue weighted by molar-refractivity contribution is -0.696. The maximum absolute atomic E-state index is 8.90. The van der Waals surface area contributed by atoms with Crippen molar-refractivity contribution in [3.63, 3.8) is 0 Å². The Labute approximate surface area is 150 Å². The fourth-order valence-electron chi connectivity index (χ4n) is 3.10. The molecule has 0 radical (unpaired) electrons. The molecule has 25 heavy (non-hydrogen) atoms. The van der Waals surface area contributed by atoms with Gasteiger partial charge in [-0.15, -0.1) is 0 Å². The van der Waals surface area contributed by atoms with Crippen molar-refractivity contribution in [3.05, 3.63) is 79.1 Å². The van der Waals surface area contributed by atoms with Crippen LogP contribution in [0.4, 0.5) is 0 Å². The Hall–Kier alpha value is -2.45. The van der Waals surface area contributed by atoms with Gasteiger partial charge in [-0.2, -0.15) is 0 Å². The zero-order valence-electron chi connectivity index (χ0n) is 14.6. The molecule has 3 rings (SSSR count). The molecule has 2 heteroatoms. The highest BCUT2D eigenvalue weighted by molar-refractivity contribution is 5.70. The fraction of sp³-hybridized carbons (Fsp3) is 0.261. The molecule has 0 saturated carbocycles. The molecule has 128 valence electrons. The van der Waals surface area contributed by atoms with Crippen LogP contribution in [0.25, 0.3) is 22.3 Å². The highest BCUT2D eigenvalue weighted by Gasteiger charge is 2.10. The van der Waals surface area contributed by atoms with Gasteiger partial charge in [-0.1, -0.05) is 67.1 Å². The van der Waals surface area contributed by atoms with Gasteiger partial charge in [0, 0.05) is 24.2 Å². The summed E-state index contributed by atoms with van der Waals surface area (Å²) < 4.78 is 2.31. The lowest BCUT2D eigenvalue weighted by Crippen LogP contribution is -2.33. The summed E-state index contributed by atoms with van der Waals surface area (Å²) in [6.45, 7) is 1.31. The molecule has 0 spiro atoms. The molecular weight excluding hydrogens is 306 g/mol. The van der Waals surface area contributed by atoms with E-state index in [2.05, 4.69) is 83.7 Å². The molecule has 1 aromatic heterocycles. The van der Waals surface area contributed by atoms with Crippen LogP contribution in [-0.2, 0) is 6.54 Å². The van der Waals surface area contributed by atoms with Gasteiger partial charge in [-0.3, -0.25) is 0 Å². The summed E-state index contributed by atoms with van der Waals surface area (Å²) in [6.07, 6.45) is 8.79. The molecule has 1 heterocycles. The van der Waals surface area contributed by atoms with Crippen molar-refractivity contribution in [1.82, 2.24) is 0 Å². The molecule has 0 saturated heterocycles. The van der Waals surface area contributed by atoms with E-state index in [4.69, 9.17) is 5.11 Å². The minimum Gasteiger partial charge on any atom is -0.396 e. The average Bonchev–Trinajstić information content (AvgIpc) is 2.69. The topological polar surface area (TPSA) is 24.1 Å². The summed E-state index contributed by atoms with van der Waals surface area (Å²) in [5.41, 5.74) is 4.98. The van der Waals surface area contributed by atoms with E-state index in [0.29, 0.717) is 6.61 Å². The van der Waals surface area contributed by atoms with Crippen molar-refractivity contribution in [2.75, 3.05) is 6.61 Å². The molecule has 0 fully saturated rings. The third-order valence-electron chi connectivity index (χ3n) is 4.46. The molecule has 0 bridgehead atoms. The van der Waals surface area contributed by atoms with Gasteiger partial charge < -0.3 is 5.11 Å². The predicted molar refractivity (Wildman–Crippen MR) is 103 cm³/mol. The van der Waals surface area contributed by atoms with E-state index in [0.717, 1.165) is 32.2 Å². The molecule has 0 aliphatic heterocycles. The lowest BCUT2D eigenvalue weighted by atomic mass is 10.0. The van der Waals surface area contributed by atoms with E-state index >= 15 is 0 Å². The van der Waals surface area contributed by atoms with Gasteiger partial charge >= 0.3 is 0 Å². The summed E-state index contributed by atoms with van der Waals surface area (Å²) in [6, 6.07) is 23.4. The monoisotopic (exact) mass is 332 g/mol. The summed E-state index contributed by atoms with van der Waals surface area (Å²) in [4.78, 5) is 0. The summed E-state index contributed by atoms with van der Waals surface area (Å²) >= 11 is 0. The second-order valence-electron chi connectivity index (χ2n) is 6.42. The number of hydrogen-bond donors (Lipinski definition) is 1. The molecule has 2 aromatic carbocycles. The van der Waals surface area contributed by atoms with Gasteiger partial charge in [0.25, 0.3) is 0 Å². The first kappa shape index (κ1) is 17.4. The van der Waals surface area contributed by atoms with Crippen LogP contribution in [0.15, 0.2) is 79.1 Å². The number of benzene rings is 2. The van der Waals surface area contributed by atoms with E-state index < -0.39 is 0 Å². The number of aromatic nitrogens is 1. The summed E-state index contributed by atoms with van der Waals surface area (Å²) in [5, 5.41) is 8.90. The van der Waals surface area contributed by atoms with E-state index in [1.807, 2.05) is 0 Å². The molecule has 3 aromatic rings. The highest BCUT2D eigenvalue weighted by atomic mass is 16.2. The maximum Gasteiger partial charge on any atom is 0.176 e. The highest BCUT2D eigenvalue weighted by Crippen LogP contribution is 2.24. The van der Waals surface area contributed by atoms with E-state index in [-0.39, 0.29) is 0 Å². The van der Waals surface area contributed by atoms with Gasteiger partial charge in [0.1, 0.15) is 6.54 Å². The Balaban J connectivity index is 1.86. The Bertz CT molecular complexity index is 711. The Morgan fingerprint density at radius 3 is 1.64 bits per heavy atom. The molecular formula is C23H26NO+. The molecule has 0 aliphatic carbocycles. The van der Waals surface area contributed by atoms with Crippen LogP contribution >= 0.6 is 0 Å². The van der Waals surface area contributed by atoms with Crippen LogP contribution in [0.1, 0.15) is 25.7 Å². The zero-order chi connectivity index (χ0) is 17.3. The number of rotatable bonds is 8. The third-order valence-corrected chi connectivity index (χ3v) is 4.46. The number of unbranched alkanes of at least 4 members (excludes halogenated alkanes) is 3. The van der Waals surface area contributed by atoms with E-state index in [1.54, 1.807) is 0 Å². The van der Waals surface area contributed by atoms with Crippen molar-refractivity contribution in [2.24, 2.45) is 0 Å². The fourth-order valence-corrected chi connectivity index (χ4v) is 3.10. The van der Waals surface area contributed by atoms with Gasteiger partial charge in [0.05, 0.1) is 0 Å². The van der Waals surface area contributed by atoms with Crippen LogP contribution in [0.5, 0.6) is 0 Å². The van der Waals surface area contributed by atoms with Crippen LogP contribution in [0.3, 0.4) is 0 Å². The smallest absolute Gasteiger partial charge is 0.176 e. The van der Waals surface area contributed by atoms with Crippen LogP contribution < -0.4 is 4.57 Å². The minimum atomic E-state index is 0.300. The predicted octanol–water partition coefficient (Wildman–Crippen LogP) is 4.86. The van der Waals surface area contributed by atoms with Crippen LogP contribution in [0, 0.1) is 0 Å². The number of hydrogen-bond acceptors (Lipinski definition) is 1.